The fourth-order valence-corrected chi connectivity index (χ4v) is 0.254. The van der Waals surface area contributed by atoms with Crippen molar-refractivity contribution in [2.45, 2.75) is 6.92 Å². The van der Waals surface area contributed by atoms with E-state index in [1.165, 1.54) is 0 Å². The molecular weight excluding hydrogens is 102 g/mol. The minimum atomic E-state index is 0.527. The summed E-state index contributed by atoms with van der Waals surface area (Å²) in [7, 11) is 1.60. The highest BCUT2D eigenvalue weighted by Crippen LogP contribution is 1.86. The number of nitriles is 1. The summed E-state index contributed by atoms with van der Waals surface area (Å²) in [6.07, 6.45) is 1.74. The maximum absolute atomic E-state index is 8.19. The Morgan fingerprint density at radius 3 is 2.88 bits per heavy atom. The monoisotopic (exact) mass is 111 g/mol. The summed E-state index contributed by atoms with van der Waals surface area (Å²) < 4.78 is 4.69. The predicted molar refractivity (Wildman–Crippen MR) is 31.2 cm³/mol. The highest BCUT2D eigenvalue weighted by Gasteiger charge is 1.79. The molecule has 0 aliphatic rings. The smallest absolute Gasteiger partial charge is 0.0941 e. The second-order valence-electron chi connectivity index (χ2n) is 1.45. The van der Waals surface area contributed by atoms with Gasteiger partial charge in [0.2, 0.25) is 0 Å². The first kappa shape index (κ1) is 7.19. The van der Waals surface area contributed by atoms with Crippen molar-refractivity contribution in [1.29, 1.82) is 5.26 Å². The Bertz CT molecular complexity index is 121. The van der Waals surface area contributed by atoms with Crippen LogP contribution in [0.1, 0.15) is 6.92 Å². The van der Waals surface area contributed by atoms with Gasteiger partial charge in [0.05, 0.1) is 12.7 Å². The molecule has 0 fully saturated rings. The molecule has 0 rings (SSSR count). The minimum absolute atomic E-state index is 0.527. The van der Waals surface area contributed by atoms with Crippen LogP contribution < -0.4 is 0 Å². The fraction of sp³-hybridized carbons (Fsp3) is 0.500. The van der Waals surface area contributed by atoms with Gasteiger partial charge in [-0.1, -0.05) is 0 Å². The van der Waals surface area contributed by atoms with Gasteiger partial charge in [0.25, 0.3) is 0 Å². The first-order valence-corrected chi connectivity index (χ1v) is 2.37. The molecule has 0 bridgehead atoms. The summed E-state index contributed by atoms with van der Waals surface area (Å²) in [6, 6.07) is 1.98. The molecule has 0 unspecified atom stereocenters. The van der Waals surface area contributed by atoms with Crippen LogP contribution in [0.3, 0.4) is 0 Å². The Kier molecular flexibility index (Phi) is 3.91. The zero-order valence-electron chi connectivity index (χ0n) is 5.14. The second-order valence-corrected chi connectivity index (χ2v) is 1.45. The molecular formula is C6H9NO. The highest BCUT2D eigenvalue weighted by molar-refractivity contribution is 5.16. The summed E-state index contributed by atoms with van der Waals surface area (Å²) in [6.45, 7) is 2.28. The first-order chi connectivity index (χ1) is 3.81. The fourth-order valence-electron chi connectivity index (χ4n) is 0.254. The van der Waals surface area contributed by atoms with Crippen LogP contribution in [0.4, 0.5) is 0 Å². The zero-order valence-corrected chi connectivity index (χ0v) is 5.14. The molecule has 8 heavy (non-hydrogen) atoms. The van der Waals surface area contributed by atoms with E-state index >= 15 is 0 Å². The number of methoxy groups -OCH3 is 1. The molecule has 0 saturated heterocycles. The SMILES string of the molecule is COC/C=C(/C)C#N. The normalized spacial score (nSPS) is 10.9. The molecule has 0 spiro atoms. The second kappa shape index (κ2) is 4.35. The topological polar surface area (TPSA) is 33.0 Å². The lowest BCUT2D eigenvalue weighted by Gasteiger charge is -1.86. The Labute approximate surface area is 49.4 Å². The summed E-state index contributed by atoms with van der Waals surface area (Å²) in [5.74, 6) is 0. The van der Waals surface area contributed by atoms with Crippen molar-refractivity contribution < 1.29 is 4.74 Å². The van der Waals surface area contributed by atoms with E-state index in [4.69, 9.17) is 5.26 Å². The van der Waals surface area contributed by atoms with Crippen LogP contribution in [0.2, 0.25) is 0 Å². The average Bonchev–Trinajstić information content (AvgIpc) is 1.83. The zero-order chi connectivity index (χ0) is 6.41. The summed E-state index contributed by atoms with van der Waals surface area (Å²) in [4.78, 5) is 0. The summed E-state index contributed by atoms with van der Waals surface area (Å²) >= 11 is 0. The average molecular weight is 111 g/mol. The third-order valence-corrected chi connectivity index (χ3v) is 0.733. The van der Waals surface area contributed by atoms with Crippen LogP contribution >= 0.6 is 0 Å². The van der Waals surface area contributed by atoms with Crippen molar-refractivity contribution in [2.75, 3.05) is 13.7 Å². The lowest BCUT2D eigenvalue weighted by Crippen LogP contribution is -1.81. The highest BCUT2D eigenvalue weighted by atomic mass is 16.5. The molecule has 0 N–H and O–H groups in total. The number of ether oxygens (including phenoxy) is 1. The minimum Gasteiger partial charge on any atom is -0.381 e. The van der Waals surface area contributed by atoms with Crippen LogP contribution in [0.25, 0.3) is 0 Å². The van der Waals surface area contributed by atoms with Crippen molar-refractivity contribution >= 4 is 0 Å². The maximum Gasteiger partial charge on any atom is 0.0941 e. The van der Waals surface area contributed by atoms with E-state index in [2.05, 4.69) is 4.74 Å². The number of hydrogen-bond acceptors (Lipinski definition) is 2. The van der Waals surface area contributed by atoms with E-state index in [1.807, 2.05) is 6.07 Å². The van der Waals surface area contributed by atoms with Crippen molar-refractivity contribution in [3.8, 4) is 6.07 Å². The van der Waals surface area contributed by atoms with Gasteiger partial charge in [0, 0.05) is 12.7 Å². The molecule has 0 atom stereocenters. The van der Waals surface area contributed by atoms with E-state index in [0.717, 1.165) is 0 Å². The molecule has 0 heterocycles. The molecule has 2 heteroatoms. The summed E-state index contributed by atoms with van der Waals surface area (Å²) in [5.41, 5.74) is 0.701. The lowest BCUT2D eigenvalue weighted by molar-refractivity contribution is 0.233. The Morgan fingerprint density at radius 1 is 1.88 bits per heavy atom. The van der Waals surface area contributed by atoms with E-state index in [1.54, 1.807) is 20.1 Å². The standard InChI is InChI=1S/C6H9NO/c1-6(5-7)3-4-8-2/h3H,4H2,1-2H3/b6-3-. The molecule has 0 aliphatic carbocycles. The number of hydrogen-bond donors (Lipinski definition) is 0. The largest absolute Gasteiger partial charge is 0.381 e. The van der Waals surface area contributed by atoms with Crippen molar-refractivity contribution in [3.05, 3.63) is 11.6 Å². The predicted octanol–water partition coefficient (Wildman–Crippen LogP) is 1.10. The third-order valence-electron chi connectivity index (χ3n) is 0.733. The van der Waals surface area contributed by atoms with Crippen LogP contribution in [0.15, 0.2) is 11.6 Å². The molecule has 0 aromatic rings. The maximum atomic E-state index is 8.19. The van der Waals surface area contributed by atoms with Crippen molar-refractivity contribution in [2.24, 2.45) is 0 Å². The van der Waals surface area contributed by atoms with Gasteiger partial charge in [-0.3, -0.25) is 0 Å². The van der Waals surface area contributed by atoms with Gasteiger partial charge < -0.3 is 4.74 Å². The van der Waals surface area contributed by atoms with Crippen LogP contribution in [-0.2, 0) is 4.74 Å². The molecule has 0 aromatic carbocycles. The van der Waals surface area contributed by atoms with Crippen molar-refractivity contribution in [1.82, 2.24) is 0 Å². The van der Waals surface area contributed by atoms with Gasteiger partial charge in [0.15, 0.2) is 0 Å². The van der Waals surface area contributed by atoms with E-state index in [0.29, 0.717) is 12.2 Å². The first-order valence-electron chi connectivity index (χ1n) is 2.37. The summed E-state index contributed by atoms with van der Waals surface area (Å²) in [5, 5.41) is 8.19. The Hall–Kier alpha value is -0.810. The molecule has 0 aliphatic heterocycles. The molecule has 0 aromatic heterocycles. The van der Waals surface area contributed by atoms with Gasteiger partial charge in [-0.05, 0) is 13.0 Å². The molecule has 0 saturated carbocycles. The molecule has 0 radical (unpaired) electrons. The van der Waals surface area contributed by atoms with Crippen LogP contribution in [0.5, 0.6) is 0 Å². The van der Waals surface area contributed by atoms with Gasteiger partial charge in [-0.2, -0.15) is 5.26 Å². The van der Waals surface area contributed by atoms with Crippen molar-refractivity contribution in [3.63, 3.8) is 0 Å². The van der Waals surface area contributed by atoms with Gasteiger partial charge in [-0.25, -0.2) is 0 Å². The quantitative estimate of drug-likeness (QED) is 0.500. The van der Waals surface area contributed by atoms with E-state index in [-0.39, 0.29) is 0 Å². The molecule has 44 valence electrons. The molecule has 0 amide bonds. The number of allylic oxidation sites excluding steroid dienone is 1. The van der Waals surface area contributed by atoms with Gasteiger partial charge in [-0.15, -0.1) is 0 Å². The Morgan fingerprint density at radius 2 is 2.50 bits per heavy atom. The lowest BCUT2D eigenvalue weighted by atomic mass is 10.3. The Balaban J connectivity index is 3.46. The number of nitrogens with zero attached hydrogens (tertiary/aromatic N) is 1. The van der Waals surface area contributed by atoms with Crippen LogP contribution in [-0.4, -0.2) is 13.7 Å². The third kappa shape index (κ3) is 3.38. The number of rotatable bonds is 2. The van der Waals surface area contributed by atoms with E-state index in [9.17, 15) is 0 Å². The van der Waals surface area contributed by atoms with Gasteiger partial charge in [0.1, 0.15) is 0 Å². The van der Waals surface area contributed by atoms with Crippen LogP contribution in [0, 0.1) is 11.3 Å². The van der Waals surface area contributed by atoms with Gasteiger partial charge >= 0.3 is 0 Å². The molecule has 2 nitrogen and oxygen atoms in total. The van der Waals surface area contributed by atoms with E-state index < -0.39 is 0 Å².